The Morgan fingerprint density at radius 3 is 2.95 bits per heavy atom. The molecule has 0 spiro atoms. The van der Waals surface area contributed by atoms with Crippen LogP contribution in [0.15, 0.2) is 6.20 Å². The van der Waals surface area contributed by atoms with Gasteiger partial charge in [0.25, 0.3) is 0 Å². The van der Waals surface area contributed by atoms with E-state index in [1.165, 1.54) is 0 Å². The number of nitrogens with zero attached hydrogens (tertiary/aromatic N) is 4. The molecule has 0 aromatic carbocycles. The monoisotopic (exact) mass is 282 g/mol. The summed E-state index contributed by atoms with van der Waals surface area (Å²) in [5.41, 5.74) is 0.547. The third kappa shape index (κ3) is 3.11. The van der Waals surface area contributed by atoms with Crippen LogP contribution in [-0.2, 0) is 4.79 Å². The molecule has 0 radical (unpaired) electrons. The number of likely N-dealkylation sites (N-methyl/N-ethyl adjacent to an activating group) is 1. The van der Waals surface area contributed by atoms with Gasteiger partial charge in [-0.25, -0.2) is 0 Å². The van der Waals surface area contributed by atoms with E-state index in [9.17, 15) is 4.79 Å². The van der Waals surface area contributed by atoms with Gasteiger partial charge < -0.3 is 10.2 Å². The zero-order valence-corrected chi connectivity index (χ0v) is 11.7. The van der Waals surface area contributed by atoms with Crippen molar-refractivity contribution in [3.05, 3.63) is 11.5 Å². The summed E-state index contributed by atoms with van der Waals surface area (Å²) >= 11 is 5.85. The number of aromatic amines is 1. The molecule has 0 fully saturated rings. The van der Waals surface area contributed by atoms with Crippen molar-refractivity contribution in [3.8, 4) is 0 Å². The van der Waals surface area contributed by atoms with Gasteiger partial charge in [-0.3, -0.25) is 9.89 Å². The molecule has 0 saturated heterocycles. The zero-order valence-electron chi connectivity index (χ0n) is 10.9. The molecule has 0 aliphatic heterocycles. The van der Waals surface area contributed by atoms with Crippen LogP contribution >= 0.6 is 11.6 Å². The van der Waals surface area contributed by atoms with Crippen LogP contribution in [0.3, 0.4) is 0 Å². The van der Waals surface area contributed by atoms with Crippen molar-refractivity contribution in [2.24, 2.45) is 0 Å². The average molecular weight is 283 g/mol. The van der Waals surface area contributed by atoms with Gasteiger partial charge in [0.05, 0.1) is 18.1 Å². The van der Waals surface area contributed by atoms with Crippen molar-refractivity contribution in [1.82, 2.24) is 25.5 Å². The Balaban J connectivity index is 2.23. The van der Waals surface area contributed by atoms with Crippen LogP contribution in [0, 0.1) is 0 Å². The lowest BCUT2D eigenvalue weighted by Crippen LogP contribution is -2.38. The van der Waals surface area contributed by atoms with Crippen LogP contribution in [0.2, 0.25) is 5.28 Å². The normalized spacial score (nSPS) is 11.0. The molecule has 2 heterocycles. The molecule has 8 heteroatoms. The van der Waals surface area contributed by atoms with Crippen LogP contribution in [0.1, 0.15) is 13.8 Å². The van der Waals surface area contributed by atoms with Crippen LogP contribution in [-0.4, -0.2) is 45.7 Å². The molecule has 102 valence electrons. The highest BCUT2D eigenvalue weighted by atomic mass is 35.5. The second-order valence-electron chi connectivity index (χ2n) is 4.53. The highest BCUT2D eigenvalue weighted by Crippen LogP contribution is 2.22. The van der Waals surface area contributed by atoms with Gasteiger partial charge in [0.1, 0.15) is 5.82 Å². The lowest BCUT2D eigenvalue weighted by atomic mass is 10.3. The van der Waals surface area contributed by atoms with Gasteiger partial charge in [-0.15, -0.1) is 0 Å². The smallest absolute Gasteiger partial charge is 0.239 e. The molecule has 2 aromatic heterocycles. The number of H-pyrrole nitrogens is 1. The molecule has 0 aliphatic carbocycles. The van der Waals surface area contributed by atoms with Crippen LogP contribution in [0.4, 0.5) is 5.82 Å². The van der Waals surface area contributed by atoms with E-state index >= 15 is 0 Å². The predicted octanol–water partition coefficient (Wildman–Crippen LogP) is 0.967. The van der Waals surface area contributed by atoms with Gasteiger partial charge >= 0.3 is 0 Å². The Bertz CT molecular complexity index is 596. The molecule has 7 nitrogen and oxygen atoms in total. The summed E-state index contributed by atoms with van der Waals surface area (Å²) in [5.74, 6) is 0.492. The molecule has 2 N–H and O–H groups in total. The highest BCUT2D eigenvalue weighted by Gasteiger charge is 2.15. The SMILES string of the molecule is CC(C)NC(=O)CN(C)c1nc(Cl)nc2[nH]ncc12. The van der Waals surface area contributed by atoms with Gasteiger partial charge in [-0.2, -0.15) is 15.1 Å². The first-order valence-corrected chi connectivity index (χ1v) is 6.22. The maximum atomic E-state index is 11.7. The van der Waals surface area contributed by atoms with E-state index in [-0.39, 0.29) is 23.8 Å². The number of carbonyl (C=O) groups is 1. The first-order chi connectivity index (χ1) is 8.97. The molecule has 0 saturated carbocycles. The number of fused-ring (bicyclic) bond motifs is 1. The number of halogens is 1. The van der Waals surface area contributed by atoms with Crippen molar-refractivity contribution >= 4 is 34.4 Å². The fourth-order valence-corrected chi connectivity index (χ4v) is 1.91. The van der Waals surface area contributed by atoms with Gasteiger partial charge in [0, 0.05) is 13.1 Å². The summed E-state index contributed by atoms with van der Waals surface area (Å²) in [7, 11) is 1.77. The number of aromatic nitrogens is 4. The lowest BCUT2D eigenvalue weighted by molar-refractivity contribution is -0.120. The molecule has 2 aromatic rings. The van der Waals surface area contributed by atoms with E-state index in [4.69, 9.17) is 11.6 Å². The number of amides is 1. The maximum absolute atomic E-state index is 11.7. The Labute approximate surface area is 115 Å². The molecule has 0 atom stereocenters. The largest absolute Gasteiger partial charge is 0.352 e. The average Bonchev–Trinajstić information content (AvgIpc) is 2.73. The minimum Gasteiger partial charge on any atom is -0.352 e. The summed E-state index contributed by atoms with van der Waals surface area (Å²) in [6.07, 6.45) is 1.61. The summed E-state index contributed by atoms with van der Waals surface area (Å²) in [6.45, 7) is 4.01. The van der Waals surface area contributed by atoms with E-state index < -0.39 is 0 Å². The Morgan fingerprint density at radius 2 is 2.26 bits per heavy atom. The minimum atomic E-state index is -0.0797. The fourth-order valence-electron chi connectivity index (χ4n) is 1.74. The number of anilines is 1. The van der Waals surface area contributed by atoms with Crippen molar-refractivity contribution in [2.45, 2.75) is 19.9 Å². The van der Waals surface area contributed by atoms with E-state index in [1.54, 1.807) is 18.1 Å². The number of hydrogen-bond acceptors (Lipinski definition) is 5. The quantitative estimate of drug-likeness (QED) is 0.816. The van der Waals surface area contributed by atoms with Gasteiger partial charge in [0.15, 0.2) is 5.65 Å². The summed E-state index contributed by atoms with van der Waals surface area (Å²) in [4.78, 5) is 21.6. The van der Waals surface area contributed by atoms with Crippen molar-refractivity contribution in [1.29, 1.82) is 0 Å². The summed E-state index contributed by atoms with van der Waals surface area (Å²) < 4.78 is 0. The van der Waals surface area contributed by atoms with E-state index in [2.05, 4.69) is 25.5 Å². The summed E-state index contributed by atoms with van der Waals surface area (Å²) in [5, 5.41) is 10.3. The molecule has 19 heavy (non-hydrogen) atoms. The van der Waals surface area contributed by atoms with Crippen LogP contribution in [0.25, 0.3) is 11.0 Å². The van der Waals surface area contributed by atoms with Crippen molar-refractivity contribution in [3.63, 3.8) is 0 Å². The number of hydrogen-bond donors (Lipinski definition) is 2. The first kappa shape index (κ1) is 13.5. The predicted molar refractivity (Wildman–Crippen MR) is 73.2 cm³/mol. The third-order valence-electron chi connectivity index (χ3n) is 2.45. The van der Waals surface area contributed by atoms with Gasteiger partial charge in [-0.1, -0.05) is 0 Å². The van der Waals surface area contributed by atoms with Crippen LogP contribution < -0.4 is 10.2 Å². The molecular weight excluding hydrogens is 268 g/mol. The van der Waals surface area contributed by atoms with Gasteiger partial charge in [-0.05, 0) is 25.4 Å². The number of carbonyl (C=O) groups excluding carboxylic acids is 1. The molecule has 0 aliphatic rings. The topological polar surface area (TPSA) is 86.8 Å². The van der Waals surface area contributed by atoms with E-state index in [1.807, 2.05) is 13.8 Å². The first-order valence-electron chi connectivity index (χ1n) is 5.84. The van der Waals surface area contributed by atoms with Crippen molar-refractivity contribution < 1.29 is 4.79 Å². The Morgan fingerprint density at radius 1 is 1.53 bits per heavy atom. The van der Waals surface area contributed by atoms with Gasteiger partial charge in [0.2, 0.25) is 11.2 Å². The number of nitrogens with one attached hydrogen (secondary N) is 2. The summed E-state index contributed by atoms with van der Waals surface area (Å²) in [6, 6.07) is 0.101. The molecule has 2 rings (SSSR count). The number of rotatable bonds is 4. The van der Waals surface area contributed by atoms with Crippen LogP contribution in [0.5, 0.6) is 0 Å². The second kappa shape index (κ2) is 5.40. The second-order valence-corrected chi connectivity index (χ2v) is 4.86. The lowest BCUT2D eigenvalue weighted by Gasteiger charge is -2.19. The third-order valence-corrected chi connectivity index (χ3v) is 2.62. The van der Waals surface area contributed by atoms with E-state index in [0.29, 0.717) is 11.5 Å². The Hall–Kier alpha value is -1.89. The molecule has 0 unspecified atom stereocenters. The molecule has 1 amide bonds. The fraction of sp³-hybridized carbons (Fsp3) is 0.455. The maximum Gasteiger partial charge on any atom is 0.239 e. The van der Waals surface area contributed by atoms with E-state index in [0.717, 1.165) is 5.39 Å². The Kier molecular flexibility index (Phi) is 3.84. The molecular formula is C11H15ClN6O. The zero-order chi connectivity index (χ0) is 14.0. The molecule has 0 bridgehead atoms. The minimum absolute atomic E-state index is 0.0797. The highest BCUT2D eigenvalue weighted by molar-refractivity contribution is 6.28. The van der Waals surface area contributed by atoms with Crippen molar-refractivity contribution in [2.75, 3.05) is 18.5 Å². The standard InChI is InChI=1S/C11H15ClN6O/c1-6(2)14-8(19)5-18(3)10-7-4-13-17-9(7)15-11(12)16-10/h4,6H,5H2,1-3H3,(H,14,19)(H,13,15,16,17).